The van der Waals surface area contributed by atoms with Crippen molar-refractivity contribution in [3.63, 3.8) is 0 Å². The summed E-state index contributed by atoms with van der Waals surface area (Å²) >= 11 is 0. The average Bonchev–Trinajstić information content (AvgIpc) is 2.54. The first kappa shape index (κ1) is 19.3. The summed E-state index contributed by atoms with van der Waals surface area (Å²) in [6, 6.07) is 12.7. The molecule has 0 aromatic heterocycles. The molecule has 0 aliphatic carbocycles. The van der Waals surface area contributed by atoms with E-state index in [0.29, 0.717) is 22.6 Å². The molecule has 0 atom stereocenters. The number of amides is 2. The van der Waals surface area contributed by atoms with Crippen molar-refractivity contribution in [2.75, 3.05) is 28.2 Å². The molecule has 0 spiro atoms. The van der Waals surface area contributed by atoms with Gasteiger partial charge in [-0.05, 0) is 43.3 Å². The molecule has 0 fully saturated rings. The van der Waals surface area contributed by atoms with Gasteiger partial charge in [0.1, 0.15) is 0 Å². The van der Waals surface area contributed by atoms with Crippen LogP contribution in [0.25, 0.3) is 0 Å². The summed E-state index contributed by atoms with van der Waals surface area (Å²) in [4.78, 5) is 23.8. The van der Waals surface area contributed by atoms with Gasteiger partial charge in [-0.15, -0.1) is 0 Å². The summed E-state index contributed by atoms with van der Waals surface area (Å²) in [5, 5.41) is 5.19. The van der Waals surface area contributed by atoms with Crippen LogP contribution in [0, 0.1) is 0 Å². The standard InChI is InChI=1S/C17H19N3O5S/c1-3-25-17(22)19-13-7-4-6-12(10-13)16(21)18-14-8-5-9-15(11-14)20-26(2,23)24/h4-11,20H,3H2,1-2H3,(H,18,21)(H,19,22). The number of rotatable bonds is 6. The third kappa shape index (κ3) is 6.10. The fourth-order valence-electron chi connectivity index (χ4n) is 2.10. The Labute approximate surface area is 151 Å². The van der Waals surface area contributed by atoms with Crippen LogP contribution in [-0.2, 0) is 14.8 Å². The number of hydrogen-bond acceptors (Lipinski definition) is 5. The van der Waals surface area contributed by atoms with Crippen LogP contribution in [0.3, 0.4) is 0 Å². The maximum Gasteiger partial charge on any atom is 0.411 e. The van der Waals surface area contributed by atoms with Gasteiger partial charge in [-0.2, -0.15) is 0 Å². The molecule has 3 N–H and O–H groups in total. The van der Waals surface area contributed by atoms with Crippen molar-refractivity contribution in [3.05, 3.63) is 54.1 Å². The third-order valence-electron chi connectivity index (χ3n) is 3.07. The second kappa shape index (κ2) is 8.34. The van der Waals surface area contributed by atoms with E-state index in [-0.39, 0.29) is 6.61 Å². The lowest BCUT2D eigenvalue weighted by Gasteiger charge is -2.10. The van der Waals surface area contributed by atoms with Crippen LogP contribution in [0.15, 0.2) is 48.5 Å². The molecular formula is C17H19N3O5S. The Hall–Kier alpha value is -3.07. The van der Waals surface area contributed by atoms with Crippen LogP contribution < -0.4 is 15.4 Å². The van der Waals surface area contributed by atoms with Crippen LogP contribution in [0.4, 0.5) is 21.9 Å². The summed E-state index contributed by atoms with van der Waals surface area (Å²) < 4.78 is 29.7. The lowest BCUT2D eigenvalue weighted by atomic mass is 10.2. The van der Waals surface area contributed by atoms with Gasteiger partial charge in [0.15, 0.2) is 0 Å². The highest BCUT2D eigenvalue weighted by Crippen LogP contribution is 2.18. The fraction of sp³-hybridized carbons (Fsp3) is 0.176. The molecule has 0 radical (unpaired) electrons. The monoisotopic (exact) mass is 377 g/mol. The average molecular weight is 377 g/mol. The van der Waals surface area contributed by atoms with Crippen LogP contribution in [0.2, 0.25) is 0 Å². The zero-order valence-electron chi connectivity index (χ0n) is 14.3. The van der Waals surface area contributed by atoms with Crippen molar-refractivity contribution < 1.29 is 22.7 Å². The summed E-state index contributed by atoms with van der Waals surface area (Å²) in [5.41, 5.74) is 1.50. The predicted molar refractivity (Wildman–Crippen MR) is 99.9 cm³/mol. The largest absolute Gasteiger partial charge is 0.450 e. The summed E-state index contributed by atoms with van der Waals surface area (Å²) in [7, 11) is -3.41. The minimum Gasteiger partial charge on any atom is -0.450 e. The second-order valence-electron chi connectivity index (χ2n) is 5.34. The molecule has 8 nitrogen and oxygen atoms in total. The molecular weight excluding hydrogens is 358 g/mol. The molecule has 9 heteroatoms. The highest BCUT2D eigenvalue weighted by molar-refractivity contribution is 7.92. The Bertz CT molecular complexity index is 912. The number of anilines is 3. The molecule has 2 aromatic rings. The molecule has 2 amide bonds. The van der Waals surface area contributed by atoms with E-state index in [9.17, 15) is 18.0 Å². The normalized spacial score (nSPS) is 10.7. The van der Waals surface area contributed by atoms with E-state index in [1.807, 2.05) is 0 Å². The van der Waals surface area contributed by atoms with Gasteiger partial charge in [0, 0.05) is 16.9 Å². The zero-order valence-corrected chi connectivity index (χ0v) is 15.1. The van der Waals surface area contributed by atoms with Crippen molar-refractivity contribution in [1.82, 2.24) is 0 Å². The first-order valence-electron chi connectivity index (χ1n) is 7.70. The van der Waals surface area contributed by atoms with Gasteiger partial charge in [-0.25, -0.2) is 13.2 Å². The minimum absolute atomic E-state index is 0.240. The van der Waals surface area contributed by atoms with Crippen LogP contribution >= 0.6 is 0 Å². The molecule has 138 valence electrons. The van der Waals surface area contributed by atoms with Gasteiger partial charge in [0.2, 0.25) is 10.0 Å². The lowest BCUT2D eigenvalue weighted by Crippen LogP contribution is -2.15. The molecule has 0 aliphatic rings. The van der Waals surface area contributed by atoms with Crippen LogP contribution in [0.5, 0.6) is 0 Å². The van der Waals surface area contributed by atoms with Gasteiger partial charge in [0.25, 0.3) is 5.91 Å². The van der Waals surface area contributed by atoms with Gasteiger partial charge < -0.3 is 10.1 Å². The molecule has 0 unspecified atom stereocenters. The topological polar surface area (TPSA) is 114 Å². The quantitative estimate of drug-likeness (QED) is 0.716. The minimum atomic E-state index is -3.41. The summed E-state index contributed by atoms with van der Waals surface area (Å²) in [5.74, 6) is -0.408. The molecule has 0 bridgehead atoms. The molecule has 0 saturated heterocycles. The number of sulfonamides is 1. The Morgan fingerprint density at radius 3 is 2.23 bits per heavy atom. The van der Waals surface area contributed by atoms with E-state index >= 15 is 0 Å². The van der Waals surface area contributed by atoms with E-state index in [2.05, 4.69) is 15.4 Å². The number of ether oxygens (including phenoxy) is 1. The Balaban J connectivity index is 2.10. The molecule has 0 saturated carbocycles. The maximum atomic E-state index is 12.4. The highest BCUT2D eigenvalue weighted by Gasteiger charge is 2.10. The van der Waals surface area contributed by atoms with Gasteiger partial charge in [0.05, 0.1) is 18.6 Å². The van der Waals surface area contributed by atoms with E-state index in [0.717, 1.165) is 6.26 Å². The van der Waals surface area contributed by atoms with Gasteiger partial charge in [-0.3, -0.25) is 14.8 Å². The number of carbonyl (C=O) groups excluding carboxylic acids is 2. The SMILES string of the molecule is CCOC(=O)Nc1cccc(C(=O)Nc2cccc(NS(C)(=O)=O)c2)c1. The van der Waals surface area contributed by atoms with Gasteiger partial charge >= 0.3 is 6.09 Å². The Morgan fingerprint density at radius 1 is 0.962 bits per heavy atom. The zero-order chi connectivity index (χ0) is 19.2. The van der Waals surface area contributed by atoms with Crippen molar-refractivity contribution in [2.45, 2.75) is 6.92 Å². The molecule has 0 aliphatic heterocycles. The molecule has 26 heavy (non-hydrogen) atoms. The molecule has 2 aromatic carbocycles. The van der Waals surface area contributed by atoms with Crippen LogP contribution in [0.1, 0.15) is 17.3 Å². The van der Waals surface area contributed by atoms with Gasteiger partial charge in [-0.1, -0.05) is 12.1 Å². The van der Waals surface area contributed by atoms with Crippen molar-refractivity contribution in [1.29, 1.82) is 0 Å². The predicted octanol–water partition coefficient (Wildman–Crippen LogP) is 2.88. The van der Waals surface area contributed by atoms with E-state index in [4.69, 9.17) is 4.74 Å². The molecule has 0 heterocycles. The fourth-order valence-corrected chi connectivity index (χ4v) is 2.66. The highest BCUT2D eigenvalue weighted by atomic mass is 32.2. The first-order chi connectivity index (χ1) is 12.3. The van der Waals surface area contributed by atoms with Crippen molar-refractivity contribution in [3.8, 4) is 0 Å². The summed E-state index contributed by atoms with van der Waals surface area (Å²) in [6.45, 7) is 1.93. The second-order valence-corrected chi connectivity index (χ2v) is 7.08. The van der Waals surface area contributed by atoms with E-state index in [1.54, 1.807) is 43.3 Å². The van der Waals surface area contributed by atoms with E-state index in [1.165, 1.54) is 12.1 Å². The number of hydrogen-bond donors (Lipinski definition) is 3. The molecule has 2 rings (SSSR count). The van der Waals surface area contributed by atoms with Crippen molar-refractivity contribution in [2.24, 2.45) is 0 Å². The lowest BCUT2D eigenvalue weighted by molar-refractivity contribution is 0.102. The van der Waals surface area contributed by atoms with Crippen molar-refractivity contribution >= 4 is 39.1 Å². The number of carbonyl (C=O) groups is 2. The third-order valence-corrected chi connectivity index (χ3v) is 3.68. The Morgan fingerprint density at radius 2 is 1.58 bits per heavy atom. The first-order valence-corrected chi connectivity index (χ1v) is 9.59. The number of nitrogens with one attached hydrogen (secondary N) is 3. The smallest absolute Gasteiger partial charge is 0.411 e. The number of benzene rings is 2. The Kier molecular flexibility index (Phi) is 6.18. The maximum absolute atomic E-state index is 12.4. The van der Waals surface area contributed by atoms with Crippen LogP contribution in [-0.4, -0.2) is 33.3 Å². The van der Waals surface area contributed by atoms with E-state index < -0.39 is 22.0 Å². The summed E-state index contributed by atoms with van der Waals surface area (Å²) in [6.07, 6.45) is 0.435.